The van der Waals surface area contributed by atoms with Crippen LogP contribution in [0.15, 0.2) is 0 Å². The highest BCUT2D eigenvalue weighted by atomic mass is 16.2. The third-order valence-electron chi connectivity index (χ3n) is 3.32. The van der Waals surface area contributed by atoms with E-state index in [4.69, 9.17) is 0 Å². The van der Waals surface area contributed by atoms with Crippen molar-refractivity contribution in [3.8, 4) is 0 Å². The van der Waals surface area contributed by atoms with Crippen LogP contribution in [-0.4, -0.2) is 54.6 Å². The van der Waals surface area contributed by atoms with E-state index in [1.54, 1.807) is 0 Å². The number of carbonyl (C=O) groups excluding carboxylic acids is 1. The fourth-order valence-corrected chi connectivity index (χ4v) is 2.21. The third-order valence-corrected chi connectivity index (χ3v) is 3.32. The van der Waals surface area contributed by atoms with E-state index in [0.717, 1.165) is 39.1 Å². The molecule has 2 fully saturated rings. The normalized spacial score (nSPS) is 22.9. The summed E-state index contributed by atoms with van der Waals surface area (Å²) in [5, 5.41) is 3.07. The Morgan fingerprint density at radius 1 is 1.25 bits per heavy atom. The number of urea groups is 1. The Balaban J connectivity index is 1.75. The van der Waals surface area contributed by atoms with Crippen LogP contribution < -0.4 is 5.32 Å². The summed E-state index contributed by atoms with van der Waals surface area (Å²) >= 11 is 0. The SMILES string of the molecule is CCCN1CCCN(C(=O)NC2CC2)CC1. The highest BCUT2D eigenvalue weighted by Crippen LogP contribution is 2.19. The first-order valence-electron chi connectivity index (χ1n) is 6.57. The predicted octanol–water partition coefficient (Wildman–Crippen LogP) is 1.28. The molecule has 1 saturated heterocycles. The highest BCUT2D eigenvalue weighted by molar-refractivity contribution is 5.74. The first-order valence-corrected chi connectivity index (χ1v) is 6.57. The van der Waals surface area contributed by atoms with Crippen LogP contribution in [0.4, 0.5) is 4.79 Å². The van der Waals surface area contributed by atoms with Crippen LogP contribution in [0, 0.1) is 0 Å². The maximum atomic E-state index is 11.9. The summed E-state index contributed by atoms with van der Waals surface area (Å²) in [5.41, 5.74) is 0. The molecule has 1 saturated carbocycles. The Bertz CT molecular complexity index is 240. The molecule has 0 aromatic carbocycles. The van der Waals surface area contributed by atoms with Gasteiger partial charge in [0.05, 0.1) is 0 Å². The number of hydrogen-bond acceptors (Lipinski definition) is 2. The Kier molecular flexibility index (Phi) is 4.04. The smallest absolute Gasteiger partial charge is 0.317 e. The van der Waals surface area contributed by atoms with Gasteiger partial charge >= 0.3 is 6.03 Å². The molecule has 1 heterocycles. The topological polar surface area (TPSA) is 35.6 Å². The maximum absolute atomic E-state index is 11.9. The minimum absolute atomic E-state index is 0.154. The molecule has 2 aliphatic rings. The number of nitrogens with zero attached hydrogens (tertiary/aromatic N) is 2. The lowest BCUT2D eigenvalue weighted by Crippen LogP contribution is -2.42. The van der Waals surface area contributed by atoms with Crippen LogP contribution in [0.25, 0.3) is 0 Å². The molecule has 1 aliphatic carbocycles. The van der Waals surface area contributed by atoms with Crippen LogP contribution in [-0.2, 0) is 0 Å². The fraction of sp³-hybridized carbons (Fsp3) is 0.917. The molecular weight excluding hydrogens is 202 g/mol. The van der Waals surface area contributed by atoms with Crippen LogP contribution in [0.1, 0.15) is 32.6 Å². The molecule has 0 unspecified atom stereocenters. The van der Waals surface area contributed by atoms with Crippen LogP contribution in [0.3, 0.4) is 0 Å². The molecule has 92 valence electrons. The second-order valence-corrected chi connectivity index (χ2v) is 4.91. The molecule has 0 aromatic heterocycles. The lowest BCUT2D eigenvalue weighted by Gasteiger charge is -2.21. The summed E-state index contributed by atoms with van der Waals surface area (Å²) in [5.74, 6) is 0. The Morgan fingerprint density at radius 2 is 2.06 bits per heavy atom. The lowest BCUT2D eigenvalue weighted by atomic mass is 10.3. The molecule has 1 aliphatic heterocycles. The average molecular weight is 225 g/mol. The number of nitrogens with one attached hydrogen (secondary N) is 1. The zero-order chi connectivity index (χ0) is 11.4. The summed E-state index contributed by atoms with van der Waals surface area (Å²) in [4.78, 5) is 16.3. The van der Waals surface area contributed by atoms with E-state index in [1.807, 2.05) is 4.90 Å². The van der Waals surface area contributed by atoms with Gasteiger partial charge in [0.2, 0.25) is 0 Å². The van der Waals surface area contributed by atoms with E-state index < -0.39 is 0 Å². The summed E-state index contributed by atoms with van der Waals surface area (Å²) in [6.45, 7) is 7.35. The van der Waals surface area contributed by atoms with Crippen molar-refractivity contribution in [3.63, 3.8) is 0 Å². The van der Waals surface area contributed by atoms with Crippen LogP contribution in [0.2, 0.25) is 0 Å². The quantitative estimate of drug-likeness (QED) is 0.785. The first kappa shape index (κ1) is 11.7. The molecule has 0 bridgehead atoms. The Hall–Kier alpha value is -0.770. The molecule has 16 heavy (non-hydrogen) atoms. The van der Waals surface area contributed by atoms with E-state index in [2.05, 4.69) is 17.1 Å². The Morgan fingerprint density at radius 3 is 2.75 bits per heavy atom. The predicted molar refractivity (Wildman–Crippen MR) is 64.5 cm³/mol. The molecule has 4 heteroatoms. The summed E-state index contributed by atoms with van der Waals surface area (Å²) < 4.78 is 0. The van der Waals surface area contributed by atoms with Crippen molar-refractivity contribution < 1.29 is 4.79 Å². The number of amides is 2. The van der Waals surface area contributed by atoms with E-state index in [9.17, 15) is 4.79 Å². The average Bonchev–Trinajstić information content (AvgIpc) is 3.05. The second kappa shape index (κ2) is 5.53. The van der Waals surface area contributed by atoms with Crippen LogP contribution in [0.5, 0.6) is 0 Å². The summed E-state index contributed by atoms with van der Waals surface area (Å²) in [6.07, 6.45) is 4.65. The van der Waals surface area contributed by atoms with E-state index >= 15 is 0 Å². The standard InChI is InChI=1S/C12H23N3O/c1-2-6-14-7-3-8-15(10-9-14)12(16)13-11-4-5-11/h11H,2-10H2,1H3,(H,13,16). The maximum Gasteiger partial charge on any atom is 0.317 e. The monoisotopic (exact) mass is 225 g/mol. The zero-order valence-electron chi connectivity index (χ0n) is 10.2. The largest absolute Gasteiger partial charge is 0.335 e. The molecule has 2 rings (SSSR count). The van der Waals surface area contributed by atoms with Crippen molar-refractivity contribution >= 4 is 6.03 Å². The minimum Gasteiger partial charge on any atom is -0.335 e. The molecule has 4 nitrogen and oxygen atoms in total. The van der Waals surface area contributed by atoms with E-state index in [1.165, 1.54) is 19.3 Å². The van der Waals surface area contributed by atoms with Gasteiger partial charge in [-0.05, 0) is 38.8 Å². The number of carbonyl (C=O) groups is 1. The van der Waals surface area contributed by atoms with Gasteiger partial charge in [-0.15, -0.1) is 0 Å². The molecule has 0 spiro atoms. The lowest BCUT2D eigenvalue weighted by molar-refractivity contribution is 0.197. The zero-order valence-corrected chi connectivity index (χ0v) is 10.2. The molecule has 2 amide bonds. The third kappa shape index (κ3) is 3.37. The summed E-state index contributed by atoms with van der Waals surface area (Å²) in [7, 11) is 0. The van der Waals surface area contributed by atoms with Gasteiger partial charge in [0.1, 0.15) is 0 Å². The van der Waals surface area contributed by atoms with Crippen molar-refractivity contribution in [1.29, 1.82) is 0 Å². The first-order chi connectivity index (χ1) is 7.79. The second-order valence-electron chi connectivity index (χ2n) is 4.91. The van der Waals surface area contributed by atoms with Crippen molar-refractivity contribution in [2.75, 3.05) is 32.7 Å². The summed E-state index contributed by atoms with van der Waals surface area (Å²) in [6, 6.07) is 0.628. The number of rotatable bonds is 3. The van der Waals surface area contributed by atoms with E-state index in [0.29, 0.717) is 6.04 Å². The van der Waals surface area contributed by atoms with Gasteiger partial charge in [-0.1, -0.05) is 6.92 Å². The van der Waals surface area contributed by atoms with Gasteiger partial charge in [0, 0.05) is 25.7 Å². The van der Waals surface area contributed by atoms with Crippen molar-refractivity contribution in [2.45, 2.75) is 38.6 Å². The molecule has 0 radical (unpaired) electrons. The molecular formula is C12H23N3O. The number of hydrogen-bond donors (Lipinski definition) is 1. The highest BCUT2D eigenvalue weighted by Gasteiger charge is 2.26. The van der Waals surface area contributed by atoms with Gasteiger partial charge in [0.25, 0.3) is 0 Å². The van der Waals surface area contributed by atoms with Gasteiger partial charge in [-0.25, -0.2) is 4.79 Å². The van der Waals surface area contributed by atoms with Gasteiger partial charge in [-0.2, -0.15) is 0 Å². The molecule has 0 aromatic rings. The van der Waals surface area contributed by atoms with E-state index in [-0.39, 0.29) is 6.03 Å². The minimum atomic E-state index is 0.154. The van der Waals surface area contributed by atoms with Gasteiger partial charge in [-0.3, -0.25) is 0 Å². The van der Waals surface area contributed by atoms with Crippen LogP contribution >= 0.6 is 0 Å². The van der Waals surface area contributed by atoms with Gasteiger partial charge in [0.15, 0.2) is 0 Å². The van der Waals surface area contributed by atoms with Crippen molar-refractivity contribution in [3.05, 3.63) is 0 Å². The fourth-order valence-electron chi connectivity index (χ4n) is 2.21. The Labute approximate surface area is 98.0 Å². The molecule has 0 atom stereocenters. The van der Waals surface area contributed by atoms with Crippen molar-refractivity contribution in [1.82, 2.24) is 15.1 Å². The molecule has 1 N–H and O–H groups in total. The van der Waals surface area contributed by atoms with Gasteiger partial charge < -0.3 is 15.1 Å². The van der Waals surface area contributed by atoms with Crippen molar-refractivity contribution in [2.24, 2.45) is 0 Å².